The van der Waals surface area contributed by atoms with E-state index in [0.29, 0.717) is 12.3 Å². The Morgan fingerprint density at radius 1 is 1.33 bits per heavy atom. The summed E-state index contributed by atoms with van der Waals surface area (Å²) in [6, 6.07) is 0.329. The first kappa shape index (κ1) is 9.31. The van der Waals surface area contributed by atoms with Crippen molar-refractivity contribution in [3.63, 3.8) is 0 Å². The van der Waals surface area contributed by atoms with Gasteiger partial charge in [-0.15, -0.1) is 0 Å². The lowest BCUT2D eigenvalue weighted by molar-refractivity contribution is 0.499. The second-order valence-corrected chi connectivity index (χ2v) is 2.47. The topological polar surface area (TPSA) is 12.9 Å². The van der Waals surface area contributed by atoms with Gasteiger partial charge >= 0.3 is 6.98 Å². The van der Waals surface area contributed by atoms with Crippen molar-refractivity contribution in [2.45, 2.75) is 0 Å². The molecule has 0 saturated carbocycles. The van der Waals surface area contributed by atoms with Gasteiger partial charge in [0.2, 0.25) is 0 Å². The summed E-state index contributed by atoms with van der Waals surface area (Å²) in [5.41, 5.74) is -1.20. The van der Waals surface area contributed by atoms with Crippen LogP contribution in [0.5, 0.6) is 0 Å². The van der Waals surface area contributed by atoms with Gasteiger partial charge in [0.15, 0.2) is 0 Å². The molecular weight excluding hydrogens is 196 g/mol. The third kappa shape index (κ3) is 1.88. The minimum Gasteiger partial charge on any atom is -0.445 e. The Morgan fingerprint density at radius 3 is 2.33 bits per heavy atom. The molecule has 0 bridgehead atoms. The summed E-state index contributed by atoms with van der Waals surface area (Å²) in [6.07, 6.45) is 0.633. The molecule has 1 aromatic heterocycles. The molecule has 1 aromatic rings. The number of pyridine rings is 1. The smallest absolute Gasteiger partial charge is 0.445 e. The van der Waals surface area contributed by atoms with E-state index in [1.807, 2.05) is 0 Å². The van der Waals surface area contributed by atoms with Gasteiger partial charge in [-0.3, -0.25) is 0 Å². The highest BCUT2D eigenvalue weighted by Crippen LogP contribution is 2.14. The molecule has 0 spiro atoms. The molecule has 7 heteroatoms. The van der Waals surface area contributed by atoms with Crippen molar-refractivity contribution in [2.24, 2.45) is 0 Å². The van der Waals surface area contributed by atoms with Gasteiger partial charge in [-0.25, -0.2) is 9.37 Å². The molecule has 0 aliphatic rings. The van der Waals surface area contributed by atoms with E-state index in [1.165, 1.54) is 0 Å². The van der Waals surface area contributed by atoms with E-state index in [2.05, 4.69) is 4.98 Å². The number of nitrogens with zero attached hydrogens (tertiary/aromatic N) is 1. The quantitative estimate of drug-likeness (QED) is 0.382. The van der Waals surface area contributed by atoms with E-state index in [4.69, 9.17) is 11.6 Å². The van der Waals surface area contributed by atoms with E-state index in [-0.39, 0.29) is 0 Å². The van der Waals surface area contributed by atoms with Crippen LogP contribution < -0.4 is 5.46 Å². The van der Waals surface area contributed by atoms with Gasteiger partial charge in [0, 0.05) is 0 Å². The predicted octanol–water partition coefficient (Wildman–Crippen LogP) is 1.93. The van der Waals surface area contributed by atoms with E-state index >= 15 is 0 Å². The molecule has 1 rings (SSSR count). The van der Waals surface area contributed by atoms with Crippen molar-refractivity contribution in [1.29, 1.82) is 0 Å². The molecule has 0 amide bonds. The molecule has 0 radical (unpaired) electrons. The Bertz CT molecular complexity index is 300. The third-order valence-electron chi connectivity index (χ3n) is 1.19. The summed E-state index contributed by atoms with van der Waals surface area (Å²) >= 11 is 5.10. The van der Waals surface area contributed by atoms with Gasteiger partial charge in [0.1, 0.15) is 11.0 Å². The van der Waals surface area contributed by atoms with Crippen molar-refractivity contribution < 1.29 is 17.3 Å². The van der Waals surface area contributed by atoms with Gasteiger partial charge in [0.25, 0.3) is 0 Å². The first-order valence-corrected chi connectivity index (χ1v) is 3.30. The zero-order valence-corrected chi connectivity index (χ0v) is 6.33. The Morgan fingerprint density at radius 2 is 1.92 bits per heavy atom. The van der Waals surface area contributed by atoms with Crippen LogP contribution in [0.25, 0.3) is 0 Å². The largest absolute Gasteiger partial charge is 0.512 e. The fourth-order valence-electron chi connectivity index (χ4n) is 0.668. The van der Waals surface area contributed by atoms with Crippen LogP contribution in [0.2, 0.25) is 5.15 Å². The molecule has 0 atom stereocenters. The number of aromatic nitrogens is 1. The van der Waals surface area contributed by atoms with Gasteiger partial charge in [-0.05, 0) is 6.07 Å². The van der Waals surface area contributed by atoms with Crippen LogP contribution in [0.3, 0.4) is 0 Å². The lowest BCUT2D eigenvalue weighted by atomic mass is 9.81. The zero-order chi connectivity index (χ0) is 9.35. The van der Waals surface area contributed by atoms with E-state index in [1.54, 1.807) is 0 Å². The molecule has 66 valence electrons. The van der Waals surface area contributed by atoms with Crippen LogP contribution in [-0.4, -0.2) is 12.0 Å². The highest BCUT2D eigenvalue weighted by Gasteiger charge is 2.29. The van der Waals surface area contributed by atoms with Crippen molar-refractivity contribution in [3.05, 3.63) is 23.2 Å². The molecule has 0 aromatic carbocycles. The van der Waals surface area contributed by atoms with Crippen LogP contribution >= 0.6 is 11.6 Å². The molecule has 0 aliphatic heterocycles. The van der Waals surface area contributed by atoms with Gasteiger partial charge < -0.3 is 12.9 Å². The van der Waals surface area contributed by atoms with Gasteiger partial charge in [-0.1, -0.05) is 17.1 Å². The van der Waals surface area contributed by atoms with Crippen molar-refractivity contribution >= 4 is 24.0 Å². The Hall–Kier alpha value is -0.775. The normalized spacial score (nSPS) is 11.8. The van der Waals surface area contributed by atoms with E-state index in [0.717, 1.165) is 0 Å². The minimum absolute atomic E-state index is 0.329. The lowest BCUT2D eigenvalue weighted by Crippen LogP contribution is -2.35. The average molecular weight is 198 g/mol. The summed E-state index contributed by atoms with van der Waals surface area (Å²) in [6.45, 7) is -5.28. The molecule has 1 heterocycles. The molecular formula is C5H2BClF4N-. The summed E-state index contributed by atoms with van der Waals surface area (Å²) in [5.74, 6) is -1.05. The van der Waals surface area contributed by atoms with Crippen LogP contribution in [0.4, 0.5) is 17.3 Å². The molecule has 0 unspecified atom stereocenters. The van der Waals surface area contributed by atoms with E-state index in [9.17, 15) is 17.3 Å². The van der Waals surface area contributed by atoms with Crippen LogP contribution in [0.1, 0.15) is 0 Å². The van der Waals surface area contributed by atoms with Gasteiger partial charge in [0.05, 0.1) is 6.20 Å². The predicted molar refractivity (Wildman–Crippen MR) is 37.9 cm³/mol. The number of hydrogen-bond acceptors (Lipinski definition) is 1. The molecule has 0 fully saturated rings. The van der Waals surface area contributed by atoms with Crippen LogP contribution in [0.15, 0.2) is 12.3 Å². The standard InChI is InChI=1S/C5H2BClF4N/c7-5-4(6(9,10)11)1-3(8)2-12-5/h1-2H/q-1. The maximum atomic E-state index is 12.3. The zero-order valence-electron chi connectivity index (χ0n) is 5.57. The average Bonchev–Trinajstić information content (AvgIpc) is 1.92. The molecule has 0 N–H and O–H groups in total. The number of halogens is 5. The Kier molecular flexibility index (Phi) is 2.28. The highest BCUT2D eigenvalue weighted by atomic mass is 35.5. The second kappa shape index (κ2) is 2.93. The SMILES string of the molecule is Fc1cnc(Cl)c([B-](F)(F)F)c1. The van der Waals surface area contributed by atoms with Crippen LogP contribution in [0, 0.1) is 5.82 Å². The lowest BCUT2D eigenvalue weighted by Gasteiger charge is -2.15. The van der Waals surface area contributed by atoms with Crippen molar-refractivity contribution in [1.82, 2.24) is 4.98 Å². The maximum absolute atomic E-state index is 12.3. The molecule has 0 saturated heterocycles. The van der Waals surface area contributed by atoms with Crippen molar-refractivity contribution in [2.75, 3.05) is 0 Å². The third-order valence-corrected chi connectivity index (χ3v) is 1.50. The monoisotopic (exact) mass is 198 g/mol. The second-order valence-electron chi connectivity index (χ2n) is 2.11. The highest BCUT2D eigenvalue weighted by molar-refractivity contribution is 6.75. The van der Waals surface area contributed by atoms with Crippen LogP contribution in [-0.2, 0) is 0 Å². The fraction of sp³-hybridized carbons (Fsp3) is 0. The minimum atomic E-state index is -5.28. The Labute approximate surface area is 70.4 Å². The van der Waals surface area contributed by atoms with Crippen molar-refractivity contribution in [3.8, 4) is 0 Å². The first-order valence-electron chi connectivity index (χ1n) is 2.92. The summed E-state index contributed by atoms with van der Waals surface area (Å²) in [7, 11) is 0. The van der Waals surface area contributed by atoms with E-state index < -0.39 is 23.4 Å². The molecule has 0 aliphatic carbocycles. The fourth-order valence-corrected chi connectivity index (χ4v) is 0.895. The first-order chi connectivity index (χ1) is 5.41. The molecule has 12 heavy (non-hydrogen) atoms. The molecule has 1 nitrogen and oxygen atoms in total. The summed E-state index contributed by atoms with van der Waals surface area (Å²) in [4.78, 5) is 3.03. The summed E-state index contributed by atoms with van der Waals surface area (Å²) in [5, 5.41) is -0.719. The van der Waals surface area contributed by atoms with Gasteiger partial charge in [-0.2, -0.15) is 0 Å². The Balaban J connectivity index is 3.23. The maximum Gasteiger partial charge on any atom is 0.512 e. The number of hydrogen-bond donors (Lipinski definition) is 0. The summed E-state index contributed by atoms with van der Waals surface area (Å²) < 4.78 is 48.3. The number of rotatable bonds is 1.